The Morgan fingerprint density at radius 2 is 1.05 bits per heavy atom. The second-order valence-corrected chi connectivity index (χ2v) is 22.2. The minimum atomic E-state index is -0.0130. The van der Waals surface area contributed by atoms with Gasteiger partial charge >= 0.3 is 0 Å². The van der Waals surface area contributed by atoms with E-state index >= 15 is 0 Å². The van der Waals surface area contributed by atoms with E-state index in [1.54, 1.807) is 5.56 Å². The molecule has 0 radical (unpaired) electrons. The number of para-hydroxylation sites is 1. The van der Waals surface area contributed by atoms with Gasteiger partial charge in [-0.3, -0.25) is 0 Å². The van der Waals surface area contributed by atoms with Crippen LogP contribution < -0.4 is 26.2 Å². The zero-order valence-corrected chi connectivity index (χ0v) is 36.3. The van der Waals surface area contributed by atoms with Gasteiger partial charge in [0.1, 0.15) is 0 Å². The van der Waals surface area contributed by atoms with Crippen molar-refractivity contribution in [3.05, 3.63) is 119 Å². The molecule has 2 nitrogen and oxygen atoms in total. The molecule has 0 amide bonds. The predicted octanol–water partition coefficient (Wildman–Crippen LogP) is 12.4. The van der Waals surface area contributed by atoms with Crippen molar-refractivity contribution < 1.29 is 0 Å². The second-order valence-electron chi connectivity index (χ2n) is 22.2. The Bertz CT molecular complexity index is 2550. The first kappa shape index (κ1) is 35.9. The molecule has 0 aromatic heterocycles. The van der Waals surface area contributed by atoms with Crippen LogP contribution in [0.2, 0.25) is 0 Å². The zero-order chi connectivity index (χ0) is 39.7. The fourth-order valence-corrected chi connectivity index (χ4v) is 13.2. The Morgan fingerprint density at radius 3 is 1.79 bits per heavy atom. The fraction of sp³-hybridized carbons (Fsp3) is 0.444. The summed E-state index contributed by atoms with van der Waals surface area (Å²) in [5.41, 5.74) is 22.3. The summed E-state index contributed by atoms with van der Waals surface area (Å²) in [6.07, 6.45) is 9.85. The van der Waals surface area contributed by atoms with Crippen molar-refractivity contribution in [2.75, 3.05) is 9.80 Å². The van der Waals surface area contributed by atoms with Crippen LogP contribution in [0.15, 0.2) is 91.0 Å². The Hall–Kier alpha value is -4.24. The van der Waals surface area contributed by atoms with Crippen LogP contribution in [0, 0.1) is 0 Å². The standard InChI is InChI=1S/C54H61BN2/c1-49(2)25-26-50(3,4)40-30-34(21-22-38(40)49)56-46-33-42-41(51(5,6)27-28-52(42,7)8)32-44(46)55-43-19-13-11-17-36(43)37-29-35(31-47(56)48(37)55)57-45-20-14-12-18-39(45)53(9)23-15-16-24-54(53,57)10/h11-14,17-22,29-33H,15-16,23-28H2,1-10H3. The molecule has 3 aliphatic heterocycles. The molecule has 11 rings (SSSR count). The molecule has 290 valence electrons. The van der Waals surface area contributed by atoms with Crippen LogP contribution in [-0.4, -0.2) is 12.3 Å². The van der Waals surface area contributed by atoms with Crippen LogP contribution in [0.4, 0.5) is 28.4 Å². The minimum Gasteiger partial charge on any atom is -0.334 e. The van der Waals surface area contributed by atoms with Crippen LogP contribution >= 0.6 is 0 Å². The first-order chi connectivity index (χ1) is 27.0. The maximum absolute atomic E-state index is 2.80. The van der Waals surface area contributed by atoms with E-state index in [-0.39, 0.29) is 39.3 Å². The molecule has 0 bridgehead atoms. The Labute approximate surface area is 343 Å². The molecule has 0 saturated heterocycles. The fourth-order valence-electron chi connectivity index (χ4n) is 13.2. The molecule has 0 spiro atoms. The summed E-state index contributed by atoms with van der Waals surface area (Å²) in [4.78, 5) is 5.54. The van der Waals surface area contributed by atoms with E-state index in [1.165, 1.54) is 130 Å². The van der Waals surface area contributed by atoms with Crippen LogP contribution in [0.1, 0.15) is 148 Å². The van der Waals surface area contributed by atoms with Crippen molar-refractivity contribution in [2.24, 2.45) is 0 Å². The quantitative estimate of drug-likeness (QED) is 0.163. The van der Waals surface area contributed by atoms with Crippen molar-refractivity contribution in [1.82, 2.24) is 0 Å². The lowest BCUT2D eigenvalue weighted by Gasteiger charge is -2.50. The molecule has 57 heavy (non-hydrogen) atoms. The predicted molar refractivity (Wildman–Crippen MR) is 245 cm³/mol. The minimum absolute atomic E-state index is 0.0130. The van der Waals surface area contributed by atoms with E-state index in [2.05, 4.69) is 170 Å². The van der Waals surface area contributed by atoms with Gasteiger partial charge < -0.3 is 9.80 Å². The summed E-state index contributed by atoms with van der Waals surface area (Å²) in [5, 5.41) is 0. The Kier molecular flexibility index (Phi) is 7.10. The summed E-state index contributed by atoms with van der Waals surface area (Å²) in [6.45, 7) is 25.2. The first-order valence-corrected chi connectivity index (χ1v) is 22.3. The molecule has 1 fully saturated rings. The smallest absolute Gasteiger partial charge is 0.248 e. The zero-order valence-electron chi connectivity index (χ0n) is 36.3. The second kappa shape index (κ2) is 11.3. The van der Waals surface area contributed by atoms with E-state index < -0.39 is 0 Å². The van der Waals surface area contributed by atoms with Crippen molar-refractivity contribution in [2.45, 2.75) is 153 Å². The van der Waals surface area contributed by atoms with Gasteiger partial charge in [0.2, 0.25) is 6.71 Å². The van der Waals surface area contributed by atoms with Gasteiger partial charge in [0.25, 0.3) is 0 Å². The average Bonchev–Trinajstić information content (AvgIpc) is 3.62. The van der Waals surface area contributed by atoms with E-state index in [1.807, 2.05) is 0 Å². The lowest BCUT2D eigenvalue weighted by Crippen LogP contribution is -2.56. The number of hydrogen-bond donors (Lipinski definition) is 0. The third-order valence-electron chi connectivity index (χ3n) is 17.2. The summed E-state index contributed by atoms with van der Waals surface area (Å²) < 4.78 is 0. The Morgan fingerprint density at radius 1 is 0.439 bits per heavy atom. The highest BCUT2D eigenvalue weighted by atomic mass is 15.3. The molecular weight excluding hydrogens is 687 g/mol. The van der Waals surface area contributed by atoms with Gasteiger partial charge in [0, 0.05) is 33.9 Å². The van der Waals surface area contributed by atoms with E-state index in [0.717, 1.165) is 0 Å². The number of rotatable bonds is 2. The van der Waals surface area contributed by atoms with Crippen molar-refractivity contribution in [1.29, 1.82) is 0 Å². The van der Waals surface area contributed by atoms with Gasteiger partial charge in [-0.15, -0.1) is 0 Å². The van der Waals surface area contributed by atoms with Gasteiger partial charge in [-0.1, -0.05) is 135 Å². The monoisotopic (exact) mass is 748 g/mol. The highest BCUT2D eigenvalue weighted by Gasteiger charge is 2.58. The first-order valence-electron chi connectivity index (χ1n) is 22.3. The molecular formula is C54H61BN2. The van der Waals surface area contributed by atoms with Gasteiger partial charge in [0.05, 0.1) is 5.54 Å². The van der Waals surface area contributed by atoms with E-state index in [4.69, 9.17) is 0 Å². The molecule has 2 unspecified atom stereocenters. The molecule has 6 aliphatic rings. The Balaban J connectivity index is 1.24. The van der Waals surface area contributed by atoms with Gasteiger partial charge in [-0.2, -0.15) is 0 Å². The van der Waals surface area contributed by atoms with Gasteiger partial charge in [-0.05, 0) is 153 Å². The maximum atomic E-state index is 2.80. The molecule has 5 aromatic carbocycles. The molecule has 2 atom stereocenters. The molecule has 1 saturated carbocycles. The summed E-state index contributed by atoms with van der Waals surface area (Å²) in [6, 6.07) is 37.0. The van der Waals surface area contributed by atoms with Gasteiger partial charge in [0.15, 0.2) is 0 Å². The highest BCUT2D eigenvalue weighted by molar-refractivity contribution is 7.01. The van der Waals surface area contributed by atoms with Crippen molar-refractivity contribution in [3.8, 4) is 11.1 Å². The lowest BCUT2D eigenvalue weighted by atomic mass is 9.36. The van der Waals surface area contributed by atoms with Crippen LogP contribution in [0.5, 0.6) is 0 Å². The maximum Gasteiger partial charge on any atom is 0.248 e. The lowest BCUT2D eigenvalue weighted by molar-refractivity contribution is 0.195. The van der Waals surface area contributed by atoms with Gasteiger partial charge in [-0.25, -0.2) is 0 Å². The molecule has 3 heteroatoms. The third kappa shape index (κ3) is 4.61. The van der Waals surface area contributed by atoms with E-state index in [9.17, 15) is 0 Å². The molecule has 3 heterocycles. The average molecular weight is 749 g/mol. The summed E-state index contributed by atoms with van der Waals surface area (Å²) in [7, 11) is 0. The highest BCUT2D eigenvalue weighted by Crippen LogP contribution is 2.62. The van der Waals surface area contributed by atoms with E-state index in [0.29, 0.717) is 0 Å². The van der Waals surface area contributed by atoms with Crippen molar-refractivity contribution >= 4 is 51.5 Å². The number of anilines is 5. The third-order valence-corrected chi connectivity index (χ3v) is 17.2. The number of benzene rings is 5. The van der Waals surface area contributed by atoms with Crippen LogP contribution in [0.25, 0.3) is 11.1 Å². The molecule has 3 aliphatic carbocycles. The molecule has 0 N–H and O–H groups in total. The number of fused-ring (bicyclic) bond motifs is 10. The largest absolute Gasteiger partial charge is 0.334 e. The van der Waals surface area contributed by atoms with Crippen molar-refractivity contribution in [3.63, 3.8) is 0 Å². The van der Waals surface area contributed by atoms with Crippen LogP contribution in [0.3, 0.4) is 0 Å². The number of nitrogens with zero attached hydrogens (tertiary/aromatic N) is 2. The number of hydrogen-bond acceptors (Lipinski definition) is 2. The van der Waals surface area contributed by atoms with Crippen LogP contribution in [-0.2, 0) is 27.1 Å². The topological polar surface area (TPSA) is 6.48 Å². The molecule has 5 aromatic rings. The summed E-state index contributed by atoms with van der Waals surface area (Å²) >= 11 is 0. The normalized spacial score (nSPS) is 26.1. The SMILES string of the molecule is CC1(C)CCC(C)(C)c2cc(N3c4cc5c(cc4B4c6ccccc6-c6cc(N7c8ccccc8C8(C)CCCCC78C)cc3c64)C(C)(C)CCC5(C)C)ccc21. The summed E-state index contributed by atoms with van der Waals surface area (Å²) in [5.74, 6) is 0.